The lowest BCUT2D eigenvalue weighted by molar-refractivity contribution is -0.0448. The summed E-state index contributed by atoms with van der Waals surface area (Å²) in [6.45, 7) is 3.67. The van der Waals surface area contributed by atoms with Crippen LogP contribution in [0.3, 0.4) is 0 Å². The van der Waals surface area contributed by atoms with Crippen LogP contribution in [0.1, 0.15) is 11.1 Å². The van der Waals surface area contributed by atoms with E-state index < -0.39 is 6.10 Å². The molecule has 41 heavy (non-hydrogen) atoms. The van der Waals surface area contributed by atoms with Crippen molar-refractivity contribution in [2.75, 3.05) is 58.2 Å². The second kappa shape index (κ2) is 14.6. The van der Waals surface area contributed by atoms with Crippen LogP contribution < -0.4 is 20.6 Å². The van der Waals surface area contributed by atoms with Crippen molar-refractivity contribution >= 4 is 23.7 Å². The Bertz CT molecular complexity index is 1480. The summed E-state index contributed by atoms with van der Waals surface area (Å²) in [5.41, 5.74) is 1.65. The Morgan fingerprint density at radius 2 is 1.59 bits per heavy atom. The molecule has 1 aromatic heterocycles. The summed E-state index contributed by atoms with van der Waals surface area (Å²) < 4.78 is 48.5. The number of nitrogens with one attached hydrogen (secondary N) is 1. The fourth-order valence-corrected chi connectivity index (χ4v) is 4.37. The summed E-state index contributed by atoms with van der Waals surface area (Å²) in [5, 5.41) is 14.2. The van der Waals surface area contributed by atoms with Crippen molar-refractivity contribution in [3.8, 4) is 11.8 Å². The minimum Gasteiger partial charge on any atom is -0.487 e. The Hall–Kier alpha value is -3.92. The molecular weight excluding hydrogens is 531 g/mol. The number of nitriles is 1. The second-order valence-corrected chi connectivity index (χ2v) is 9.23. The number of hydrogen-bond donors (Lipinski definition) is 1. The summed E-state index contributed by atoms with van der Waals surface area (Å²) in [7, 11) is 0. The van der Waals surface area contributed by atoms with Gasteiger partial charge < -0.3 is 33.7 Å². The number of hydrogen-bond acceptors (Lipinski definition) is 10. The quantitative estimate of drug-likeness (QED) is 0.496. The molecule has 0 radical (unpaired) electrons. The molecule has 0 spiro atoms. The van der Waals surface area contributed by atoms with Crippen molar-refractivity contribution < 1.29 is 32.8 Å². The van der Waals surface area contributed by atoms with Gasteiger partial charge in [-0.2, -0.15) is 5.26 Å². The van der Waals surface area contributed by atoms with Gasteiger partial charge in [0.25, 0.3) is 0 Å². The predicted molar refractivity (Wildman–Crippen MR) is 147 cm³/mol. The molecule has 1 saturated heterocycles. The van der Waals surface area contributed by atoms with E-state index in [9.17, 15) is 9.65 Å². The van der Waals surface area contributed by atoms with E-state index in [2.05, 4.69) is 21.4 Å². The average Bonchev–Trinajstić information content (AvgIpc) is 2.99. The predicted octanol–water partition coefficient (Wildman–Crippen LogP) is 2.22. The van der Waals surface area contributed by atoms with E-state index in [0.29, 0.717) is 86.6 Å². The molecule has 5 rings (SSSR count). The number of anilines is 2. The Labute approximate surface area is 236 Å². The van der Waals surface area contributed by atoms with Gasteiger partial charge in [-0.15, -0.1) is 0 Å². The summed E-state index contributed by atoms with van der Waals surface area (Å²) in [4.78, 5) is 8.93. The minimum atomic E-state index is -0.423. The molecule has 2 unspecified atom stereocenters. The highest BCUT2D eigenvalue weighted by Crippen LogP contribution is 2.28. The van der Waals surface area contributed by atoms with Crippen LogP contribution in [0.2, 0.25) is 0 Å². The fraction of sp³-hybridized carbons (Fsp3) is 0.367. The Morgan fingerprint density at radius 1 is 0.878 bits per heavy atom. The summed E-state index contributed by atoms with van der Waals surface area (Å²) in [6, 6.07) is 13.4. The van der Waals surface area contributed by atoms with E-state index in [1.54, 1.807) is 30.3 Å². The second-order valence-electron chi connectivity index (χ2n) is 9.23. The van der Waals surface area contributed by atoms with E-state index in [1.165, 1.54) is 18.5 Å². The van der Waals surface area contributed by atoms with Crippen molar-refractivity contribution in [3.05, 3.63) is 76.3 Å². The average molecular weight is 563 g/mol. The van der Waals surface area contributed by atoms with Gasteiger partial charge in [0.1, 0.15) is 42.5 Å². The van der Waals surface area contributed by atoms with Crippen molar-refractivity contribution in [1.82, 2.24) is 9.97 Å². The minimum absolute atomic E-state index is 0.146. The maximum absolute atomic E-state index is 13.7. The normalized spacial score (nSPS) is 20.0. The number of nitrogens with zero attached hydrogens (tertiary/aromatic N) is 3. The Morgan fingerprint density at radius 3 is 2.29 bits per heavy atom. The first-order chi connectivity index (χ1) is 20.2. The van der Waals surface area contributed by atoms with Gasteiger partial charge in [-0.05, 0) is 48.0 Å². The number of ether oxygens (including phenoxy) is 6. The van der Waals surface area contributed by atoms with Gasteiger partial charge in [-0.3, -0.25) is 0 Å². The lowest BCUT2D eigenvalue weighted by Crippen LogP contribution is -2.44. The van der Waals surface area contributed by atoms with Crippen LogP contribution in [0.4, 0.5) is 15.9 Å². The highest BCUT2D eigenvalue weighted by molar-refractivity contribution is 5.68. The summed E-state index contributed by atoms with van der Waals surface area (Å²) in [5.74, 6) is 0.647. The molecule has 1 aliphatic heterocycles. The standard InChI is InChI=1S/C30H31FN4O6/c31-23-3-1-2-22(14-23)19-41-27-5-4-21(18-32)15-26(27)35-30-24-16-28-29(17-25(24)33-20-34-30)40-13-11-38-9-7-36-6-8-37-10-12-39-28/h1-5,14-17,20,28-29H,6-13,19H2,(H,33,34,35). The highest BCUT2D eigenvalue weighted by atomic mass is 19.1. The zero-order valence-corrected chi connectivity index (χ0v) is 22.5. The molecule has 0 saturated carbocycles. The molecule has 1 fully saturated rings. The van der Waals surface area contributed by atoms with Crippen LogP contribution in [0, 0.1) is 17.1 Å². The maximum Gasteiger partial charge on any atom is 0.143 e. The molecule has 3 aromatic rings. The molecule has 10 nitrogen and oxygen atoms in total. The van der Waals surface area contributed by atoms with E-state index in [-0.39, 0.29) is 18.5 Å². The number of fused-ring (bicyclic) bond motifs is 2. The first-order valence-corrected chi connectivity index (χ1v) is 13.4. The first kappa shape index (κ1) is 28.6. The number of halogens is 1. The lowest BCUT2D eigenvalue weighted by Gasteiger charge is -2.25. The molecule has 2 aliphatic rings. The third kappa shape index (κ3) is 8.07. The summed E-state index contributed by atoms with van der Waals surface area (Å²) >= 11 is 0. The fourth-order valence-electron chi connectivity index (χ4n) is 4.37. The van der Waals surface area contributed by atoms with E-state index in [1.807, 2.05) is 12.2 Å². The molecular formula is C30H31FN4O6. The maximum atomic E-state index is 13.7. The zero-order chi connectivity index (χ0) is 28.3. The van der Waals surface area contributed by atoms with Crippen molar-refractivity contribution in [2.45, 2.75) is 18.8 Å². The molecule has 1 aliphatic carbocycles. The molecule has 2 atom stereocenters. The largest absolute Gasteiger partial charge is 0.487 e. The monoisotopic (exact) mass is 562 g/mol. The number of aromatic nitrogens is 2. The molecule has 1 N–H and O–H groups in total. The first-order valence-electron chi connectivity index (χ1n) is 13.4. The Balaban J connectivity index is 1.40. The topological polar surface area (TPSA) is 117 Å². The smallest absolute Gasteiger partial charge is 0.143 e. The SMILES string of the molecule is N#Cc1ccc(OCc2cccc(F)c2)c(Nc2ncnc3c2=CC2OCCOCCOCCOCCOC2C=3)c1. The van der Waals surface area contributed by atoms with Gasteiger partial charge >= 0.3 is 0 Å². The Kier molecular flexibility index (Phi) is 10.2. The van der Waals surface area contributed by atoms with Crippen LogP contribution in [0.15, 0.2) is 48.8 Å². The third-order valence-electron chi connectivity index (χ3n) is 6.36. The molecule has 11 heteroatoms. The van der Waals surface area contributed by atoms with E-state index in [0.717, 1.165) is 5.22 Å². The molecule has 2 heterocycles. The van der Waals surface area contributed by atoms with Crippen LogP contribution in [-0.2, 0) is 30.3 Å². The van der Waals surface area contributed by atoms with Gasteiger partial charge in [-0.25, -0.2) is 14.4 Å². The molecule has 2 aromatic carbocycles. The zero-order valence-electron chi connectivity index (χ0n) is 22.5. The van der Waals surface area contributed by atoms with Gasteiger partial charge in [-0.1, -0.05) is 12.1 Å². The van der Waals surface area contributed by atoms with Crippen LogP contribution in [0.5, 0.6) is 5.75 Å². The highest BCUT2D eigenvalue weighted by Gasteiger charge is 2.24. The van der Waals surface area contributed by atoms with Crippen molar-refractivity contribution in [1.29, 1.82) is 5.26 Å². The molecule has 0 bridgehead atoms. The summed E-state index contributed by atoms with van der Waals surface area (Å²) in [6.07, 6.45) is 4.47. The van der Waals surface area contributed by atoms with E-state index in [4.69, 9.17) is 28.4 Å². The number of rotatable bonds is 5. The van der Waals surface area contributed by atoms with Crippen molar-refractivity contribution in [3.63, 3.8) is 0 Å². The van der Waals surface area contributed by atoms with Crippen LogP contribution in [0.25, 0.3) is 12.2 Å². The van der Waals surface area contributed by atoms with Crippen LogP contribution >= 0.6 is 0 Å². The third-order valence-corrected chi connectivity index (χ3v) is 6.36. The van der Waals surface area contributed by atoms with E-state index >= 15 is 0 Å². The lowest BCUT2D eigenvalue weighted by atomic mass is 10.1. The molecule has 0 amide bonds. The van der Waals surface area contributed by atoms with Gasteiger partial charge in [0.05, 0.1) is 75.5 Å². The van der Waals surface area contributed by atoms with Crippen LogP contribution in [-0.4, -0.2) is 75.0 Å². The van der Waals surface area contributed by atoms with Crippen molar-refractivity contribution in [2.24, 2.45) is 0 Å². The van der Waals surface area contributed by atoms with Gasteiger partial charge in [0.15, 0.2) is 0 Å². The molecule has 214 valence electrons. The number of benzene rings is 2. The van der Waals surface area contributed by atoms with Gasteiger partial charge in [0, 0.05) is 5.22 Å². The van der Waals surface area contributed by atoms with Gasteiger partial charge in [0.2, 0.25) is 0 Å².